The lowest BCUT2D eigenvalue weighted by molar-refractivity contribution is 0.200. The van der Waals surface area contributed by atoms with E-state index in [9.17, 15) is 4.39 Å². The Morgan fingerprint density at radius 2 is 1.45 bits per heavy atom. The minimum absolute atomic E-state index is 0.130. The van der Waals surface area contributed by atoms with Gasteiger partial charge in [-0.05, 0) is 52.2 Å². The highest BCUT2D eigenvalue weighted by Crippen LogP contribution is 2.29. The zero-order valence-electron chi connectivity index (χ0n) is 18.5. The van der Waals surface area contributed by atoms with Gasteiger partial charge in [-0.15, -0.1) is 5.10 Å². The zero-order chi connectivity index (χ0) is 22.5. The smallest absolute Gasteiger partial charge is 0.173 e. The SMILES string of the molecule is Fc1ccc([C@H](c2nnnn2CCc2ccccc2)N2CCN(c3ccccc3)CC2)cc1. The summed E-state index contributed by atoms with van der Waals surface area (Å²) in [5.74, 6) is 0.556. The van der Waals surface area contributed by atoms with Gasteiger partial charge in [0, 0.05) is 38.4 Å². The first-order valence-electron chi connectivity index (χ1n) is 11.4. The molecule has 168 valence electrons. The van der Waals surface area contributed by atoms with Crippen LogP contribution < -0.4 is 4.90 Å². The zero-order valence-corrected chi connectivity index (χ0v) is 18.5. The third-order valence-electron chi connectivity index (χ3n) is 6.25. The molecule has 7 heteroatoms. The Morgan fingerprint density at radius 1 is 0.788 bits per heavy atom. The molecule has 0 N–H and O–H groups in total. The lowest BCUT2D eigenvalue weighted by Crippen LogP contribution is -2.48. The molecule has 1 aromatic heterocycles. The first-order chi connectivity index (χ1) is 16.3. The van der Waals surface area contributed by atoms with E-state index in [0.717, 1.165) is 44.0 Å². The van der Waals surface area contributed by atoms with Crippen LogP contribution in [-0.2, 0) is 13.0 Å². The van der Waals surface area contributed by atoms with Crippen molar-refractivity contribution in [1.29, 1.82) is 0 Å². The molecule has 0 aliphatic carbocycles. The van der Waals surface area contributed by atoms with E-state index in [1.807, 2.05) is 41.1 Å². The molecule has 1 fully saturated rings. The number of aryl methyl sites for hydroxylation is 2. The average molecular weight is 443 g/mol. The summed E-state index contributed by atoms with van der Waals surface area (Å²) in [6.07, 6.45) is 0.844. The van der Waals surface area contributed by atoms with Gasteiger partial charge in [-0.1, -0.05) is 60.7 Å². The molecule has 2 heterocycles. The number of tetrazole rings is 1. The summed E-state index contributed by atoms with van der Waals surface area (Å²) in [7, 11) is 0. The number of aromatic nitrogens is 4. The number of hydrogen-bond donors (Lipinski definition) is 0. The largest absolute Gasteiger partial charge is 0.369 e. The molecule has 0 unspecified atom stereocenters. The van der Waals surface area contributed by atoms with Gasteiger partial charge in [0.1, 0.15) is 5.82 Å². The molecule has 1 atom stereocenters. The van der Waals surface area contributed by atoms with Gasteiger partial charge in [-0.3, -0.25) is 4.90 Å². The average Bonchev–Trinajstić information content (AvgIpc) is 3.34. The van der Waals surface area contributed by atoms with Crippen molar-refractivity contribution in [1.82, 2.24) is 25.1 Å². The van der Waals surface area contributed by atoms with Gasteiger partial charge >= 0.3 is 0 Å². The molecule has 0 saturated carbocycles. The van der Waals surface area contributed by atoms with E-state index in [2.05, 4.69) is 61.7 Å². The van der Waals surface area contributed by atoms with Crippen LogP contribution in [0.3, 0.4) is 0 Å². The van der Waals surface area contributed by atoms with E-state index < -0.39 is 0 Å². The van der Waals surface area contributed by atoms with Gasteiger partial charge in [0.15, 0.2) is 5.82 Å². The van der Waals surface area contributed by atoms with Crippen LogP contribution in [0.15, 0.2) is 84.9 Å². The van der Waals surface area contributed by atoms with Crippen LogP contribution in [0.5, 0.6) is 0 Å². The van der Waals surface area contributed by atoms with Gasteiger partial charge in [-0.25, -0.2) is 9.07 Å². The lowest BCUT2D eigenvalue weighted by Gasteiger charge is -2.39. The Balaban J connectivity index is 1.38. The van der Waals surface area contributed by atoms with E-state index in [4.69, 9.17) is 0 Å². The van der Waals surface area contributed by atoms with Crippen LogP contribution in [0, 0.1) is 5.82 Å². The van der Waals surface area contributed by atoms with Crippen molar-refractivity contribution in [3.63, 3.8) is 0 Å². The summed E-state index contributed by atoms with van der Waals surface area (Å²) in [5.41, 5.74) is 3.48. The number of para-hydroxylation sites is 1. The second kappa shape index (κ2) is 9.92. The molecule has 0 amide bonds. The van der Waals surface area contributed by atoms with Crippen molar-refractivity contribution in [3.8, 4) is 0 Å². The molecule has 0 spiro atoms. The molecule has 3 aromatic carbocycles. The Bertz CT molecular complexity index is 1140. The standard InChI is InChI=1S/C26H27FN6/c27-23-13-11-22(12-14-23)25(32-19-17-31(18-20-32)24-9-5-2-6-10-24)26-28-29-30-33(26)16-15-21-7-3-1-4-8-21/h1-14,25H,15-20H2/t25-/m1/s1. The fraction of sp³-hybridized carbons (Fsp3) is 0.269. The van der Waals surface area contributed by atoms with Crippen LogP contribution in [0.2, 0.25) is 0 Å². The van der Waals surface area contributed by atoms with Crippen LogP contribution in [-0.4, -0.2) is 51.3 Å². The monoisotopic (exact) mass is 442 g/mol. The first kappa shape index (κ1) is 21.3. The number of piperazine rings is 1. The maximum Gasteiger partial charge on any atom is 0.173 e. The highest BCUT2D eigenvalue weighted by atomic mass is 19.1. The van der Waals surface area contributed by atoms with Crippen molar-refractivity contribution in [2.24, 2.45) is 0 Å². The third kappa shape index (κ3) is 4.93. The lowest BCUT2D eigenvalue weighted by atomic mass is 10.0. The molecule has 5 rings (SSSR count). The number of anilines is 1. The van der Waals surface area contributed by atoms with E-state index >= 15 is 0 Å². The molecule has 6 nitrogen and oxygen atoms in total. The number of nitrogens with zero attached hydrogens (tertiary/aromatic N) is 6. The molecule has 1 saturated heterocycles. The first-order valence-corrected chi connectivity index (χ1v) is 11.4. The summed E-state index contributed by atoms with van der Waals surface area (Å²) in [5, 5.41) is 12.7. The Labute approximate surface area is 193 Å². The van der Waals surface area contributed by atoms with Crippen molar-refractivity contribution in [3.05, 3.63) is 108 Å². The molecule has 0 radical (unpaired) electrons. The number of halogens is 1. The van der Waals surface area contributed by atoms with Gasteiger partial charge in [0.2, 0.25) is 0 Å². The van der Waals surface area contributed by atoms with E-state index in [1.165, 1.54) is 23.4 Å². The van der Waals surface area contributed by atoms with Gasteiger partial charge < -0.3 is 4.90 Å². The Morgan fingerprint density at radius 3 is 2.15 bits per heavy atom. The van der Waals surface area contributed by atoms with Gasteiger partial charge in [0.25, 0.3) is 0 Å². The topological polar surface area (TPSA) is 50.1 Å². The van der Waals surface area contributed by atoms with Crippen molar-refractivity contribution in [2.75, 3.05) is 31.1 Å². The molecule has 33 heavy (non-hydrogen) atoms. The van der Waals surface area contributed by atoms with E-state index in [0.29, 0.717) is 6.54 Å². The fourth-order valence-corrected chi connectivity index (χ4v) is 4.49. The number of benzene rings is 3. The molecule has 1 aliphatic heterocycles. The second-order valence-electron chi connectivity index (χ2n) is 8.31. The van der Waals surface area contributed by atoms with Gasteiger partial charge in [-0.2, -0.15) is 0 Å². The van der Waals surface area contributed by atoms with Crippen molar-refractivity contribution >= 4 is 5.69 Å². The summed E-state index contributed by atoms with van der Waals surface area (Å²) in [6, 6.07) is 27.4. The van der Waals surface area contributed by atoms with Crippen LogP contribution in [0.1, 0.15) is 23.0 Å². The molecule has 4 aromatic rings. The third-order valence-corrected chi connectivity index (χ3v) is 6.25. The number of rotatable bonds is 7. The summed E-state index contributed by atoms with van der Waals surface area (Å²) < 4.78 is 15.6. The maximum atomic E-state index is 13.7. The number of hydrogen-bond acceptors (Lipinski definition) is 5. The van der Waals surface area contributed by atoms with E-state index in [1.54, 1.807) is 0 Å². The van der Waals surface area contributed by atoms with Crippen molar-refractivity contribution in [2.45, 2.75) is 19.0 Å². The van der Waals surface area contributed by atoms with Crippen LogP contribution in [0.25, 0.3) is 0 Å². The minimum Gasteiger partial charge on any atom is -0.369 e. The second-order valence-corrected chi connectivity index (χ2v) is 8.31. The highest BCUT2D eigenvalue weighted by Gasteiger charge is 2.30. The molecule has 1 aliphatic rings. The van der Waals surface area contributed by atoms with Gasteiger partial charge in [0.05, 0.1) is 6.04 Å². The predicted octanol–water partition coefficient (Wildman–Crippen LogP) is 3.97. The molecule has 0 bridgehead atoms. The minimum atomic E-state index is -0.241. The molecular formula is C26H27FN6. The quantitative estimate of drug-likeness (QED) is 0.434. The van der Waals surface area contributed by atoms with Crippen molar-refractivity contribution < 1.29 is 4.39 Å². The summed E-state index contributed by atoms with van der Waals surface area (Å²) in [6.45, 7) is 4.24. The normalized spacial score (nSPS) is 15.5. The maximum absolute atomic E-state index is 13.7. The predicted molar refractivity (Wildman–Crippen MR) is 126 cm³/mol. The Kier molecular flexibility index (Phi) is 6.39. The van der Waals surface area contributed by atoms with Crippen LogP contribution >= 0.6 is 0 Å². The summed E-state index contributed by atoms with van der Waals surface area (Å²) in [4.78, 5) is 4.80. The summed E-state index contributed by atoms with van der Waals surface area (Å²) >= 11 is 0. The Hall–Kier alpha value is -3.58. The highest BCUT2D eigenvalue weighted by molar-refractivity contribution is 5.46. The molecular weight excluding hydrogens is 415 g/mol. The van der Waals surface area contributed by atoms with Crippen LogP contribution in [0.4, 0.5) is 10.1 Å². The van der Waals surface area contributed by atoms with E-state index in [-0.39, 0.29) is 11.9 Å². The fourth-order valence-electron chi connectivity index (χ4n) is 4.49.